The fourth-order valence-corrected chi connectivity index (χ4v) is 3.49. The minimum absolute atomic E-state index is 0.0596. The molecule has 0 unspecified atom stereocenters. The Kier molecular flexibility index (Phi) is 6.23. The van der Waals surface area contributed by atoms with E-state index in [0.29, 0.717) is 24.0 Å². The Balaban J connectivity index is 2.19. The number of fused-ring (bicyclic) bond motifs is 1. The van der Waals surface area contributed by atoms with Gasteiger partial charge in [0.1, 0.15) is 12.4 Å². The molecule has 1 heterocycles. The molecule has 6 heteroatoms. The normalized spacial score (nSPS) is 15.4. The molecule has 164 valence electrons. The smallest absolute Gasteiger partial charge is 0.198 e. The highest BCUT2D eigenvalue weighted by molar-refractivity contribution is 6.16. The van der Waals surface area contributed by atoms with Gasteiger partial charge in [0, 0.05) is 5.56 Å². The van der Waals surface area contributed by atoms with Crippen molar-refractivity contribution in [2.75, 3.05) is 6.61 Å². The van der Waals surface area contributed by atoms with Crippen molar-refractivity contribution in [2.45, 2.75) is 52.7 Å². The van der Waals surface area contributed by atoms with Gasteiger partial charge >= 0.3 is 0 Å². The predicted octanol–water partition coefficient (Wildman–Crippen LogP) is 4.16. The van der Waals surface area contributed by atoms with Gasteiger partial charge in [0.05, 0.1) is 16.7 Å². The molecule has 0 bridgehead atoms. The van der Waals surface area contributed by atoms with Crippen molar-refractivity contribution in [1.82, 2.24) is 0 Å². The van der Waals surface area contributed by atoms with Crippen molar-refractivity contribution in [3.8, 4) is 17.2 Å². The Bertz CT molecular complexity index is 1050. The van der Waals surface area contributed by atoms with Gasteiger partial charge in [0.25, 0.3) is 0 Å². The van der Waals surface area contributed by atoms with E-state index in [-0.39, 0.29) is 34.8 Å². The maximum absolute atomic E-state index is 13.7. The summed E-state index contributed by atoms with van der Waals surface area (Å²) in [4.78, 5) is 25.5. The Hall–Kier alpha value is -3.12. The van der Waals surface area contributed by atoms with E-state index in [1.165, 1.54) is 6.07 Å². The lowest BCUT2D eigenvalue weighted by molar-refractivity contribution is -0.0655. The van der Waals surface area contributed by atoms with Gasteiger partial charge in [-0.05, 0) is 70.4 Å². The summed E-state index contributed by atoms with van der Waals surface area (Å²) in [6, 6.07) is 6.50. The number of aldehydes is 1. The molecular formula is C25H28O6. The molecule has 2 aromatic carbocycles. The van der Waals surface area contributed by atoms with Crippen LogP contribution in [0.3, 0.4) is 0 Å². The van der Waals surface area contributed by atoms with Crippen molar-refractivity contribution in [3.05, 3.63) is 63.7 Å². The lowest BCUT2D eigenvalue weighted by Gasteiger charge is -2.35. The molecule has 3 rings (SSSR count). The minimum atomic E-state index is -1.18. The molecule has 0 saturated heterocycles. The van der Waals surface area contributed by atoms with Crippen LogP contribution in [0.2, 0.25) is 0 Å². The van der Waals surface area contributed by atoms with E-state index in [4.69, 9.17) is 9.47 Å². The van der Waals surface area contributed by atoms with Crippen LogP contribution in [-0.4, -0.2) is 40.6 Å². The first-order valence-electron chi connectivity index (χ1n) is 10.2. The number of allylic oxidation sites excluding steroid dienone is 2. The van der Waals surface area contributed by atoms with E-state index >= 15 is 0 Å². The molecule has 31 heavy (non-hydrogen) atoms. The molecule has 0 radical (unpaired) electrons. The number of hydrogen-bond acceptors (Lipinski definition) is 6. The SMILES string of the molecule is CC(C)=CCc1ccc(O)c(C=O)c1C(=O)c1cc(C)cc2c1O[C@H](C(C)(C)O)CO2. The summed E-state index contributed by atoms with van der Waals surface area (Å²) in [5.41, 5.74) is 1.58. The maximum Gasteiger partial charge on any atom is 0.198 e. The molecule has 0 fully saturated rings. The molecule has 0 amide bonds. The molecule has 0 aromatic heterocycles. The van der Waals surface area contributed by atoms with Crippen LogP contribution in [0.25, 0.3) is 0 Å². The molecule has 1 atom stereocenters. The molecule has 1 aliphatic rings. The summed E-state index contributed by atoms with van der Waals surface area (Å²) >= 11 is 0. The largest absolute Gasteiger partial charge is 0.507 e. The van der Waals surface area contributed by atoms with Crippen LogP contribution in [0.15, 0.2) is 35.9 Å². The number of aryl methyl sites for hydroxylation is 1. The van der Waals surface area contributed by atoms with E-state index in [9.17, 15) is 19.8 Å². The number of phenolic OH excluding ortho intramolecular Hbond substituents is 1. The Morgan fingerprint density at radius 2 is 1.97 bits per heavy atom. The average molecular weight is 424 g/mol. The third kappa shape index (κ3) is 4.64. The lowest BCUT2D eigenvalue weighted by Crippen LogP contribution is -2.46. The standard InChI is InChI=1S/C25H28O6/c1-14(2)6-7-16-8-9-19(27)18(12-26)22(16)23(28)17-10-15(3)11-20-24(17)31-21(13-30-20)25(4,5)29/h6,8-12,21,27,29H,7,13H2,1-5H3/t21-/m0/s1. The van der Waals surface area contributed by atoms with Crippen molar-refractivity contribution < 1.29 is 29.3 Å². The third-order valence-electron chi connectivity index (χ3n) is 5.27. The van der Waals surface area contributed by atoms with E-state index in [2.05, 4.69) is 0 Å². The van der Waals surface area contributed by atoms with Gasteiger partial charge in [-0.25, -0.2) is 0 Å². The molecule has 0 saturated carbocycles. The summed E-state index contributed by atoms with van der Waals surface area (Å²) in [6.07, 6.45) is 2.21. The molecule has 2 N–H and O–H groups in total. The highest BCUT2D eigenvalue weighted by Crippen LogP contribution is 2.40. The highest BCUT2D eigenvalue weighted by Gasteiger charge is 2.36. The topological polar surface area (TPSA) is 93.1 Å². The first-order valence-corrected chi connectivity index (χ1v) is 10.2. The number of aliphatic hydroxyl groups is 1. The Morgan fingerprint density at radius 3 is 2.58 bits per heavy atom. The van der Waals surface area contributed by atoms with E-state index in [1.54, 1.807) is 32.0 Å². The molecule has 1 aliphatic heterocycles. The Labute approximate surface area is 182 Å². The van der Waals surface area contributed by atoms with Crippen molar-refractivity contribution >= 4 is 12.1 Å². The van der Waals surface area contributed by atoms with Crippen LogP contribution < -0.4 is 9.47 Å². The van der Waals surface area contributed by atoms with E-state index in [1.807, 2.05) is 26.8 Å². The number of aromatic hydroxyl groups is 1. The average Bonchev–Trinajstić information content (AvgIpc) is 2.70. The zero-order chi connectivity index (χ0) is 22.9. The molecule has 0 aliphatic carbocycles. The fourth-order valence-electron chi connectivity index (χ4n) is 3.49. The van der Waals surface area contributed by atoms with Gasteiger partial charge in [-0.3, -0.25) is 9.59 Å². The number of hydrogen-bond donors (Lipinski definition) is 2. The quantitative estimate of drug-likeness (QED) is 0.411. The molecular weight excluding hydrogens is 396 g/mol. The highest BCUT2D eigenvalue weighted by atomic mass is 16.6. The molecule has 6 nitrogen and oxygen atoms in total. The van der Waals surface area contributed by atoms with Crippen LogP contribution in [0.1, 0.15) is 65.1 Å². The Morgan fingerprint density at radius 1 is 1.26 bits per heavy atom. The lowest BCUT2D eigenvalue weighted by atomic mass is 9.90. The number of carbonyl (C=O) groups is 2. The van der Waals surface area contributed by atoms with Gasteiger partial charge in [-0.2, -0.15) is 0 Å². The summed E-state index contributed by atoms with van der Waals surface area (Å²) < 4.78 is 11.8. The van der Waals surface area contributed by atoms with Crippen LogP contribution in [0.5, 0.6) is 17.2 Å². The van der Waals surface area contributed by atoms with Gasteiger partial charge < -0.3 is 19.7 Å². The van der Waals surface area contributed by atoms with Gasteiger partial charge in [0.15, 0.2) is 29.7 Å². The van der Waals surface area contributed by atoms with E-state index in [0.717, 1.165) is 11.1 Å². The number of ether oxygens (including phenoxy) is 2. The van der Waals surface area contributed by atoms with Gasteiger partial charge in [-0.15, -0.1) is 0 Å². The number of carbonyl (C=O) groups excluding carboxylic acids is 2. The zero-order valence-electron chi connectivity index (χ0n) is 18.5. The van der Waals surface area contributed by atoms with Gasteiger partial charge in [0.2, 0.25) is 0 Å². The van der Waals surface area contributed by atoms with Crippen LogP contribution in [0.4, 0.5) is 0 Å². The monoisotopic (exact) mass is 424 g/mol. The third-order valence-corrected chi connectivity index (χ3v) is 5.27. The number of phenols is 1. The van der Waals surface area contributed by atoms with E-state index < -0.39 is 17.5 Å². The summed E-state index contributed by atoms with van der Waals surface area (Å²) in [5, 5.41) is 20.6. The van der Waals surface area contributed by atoms with Crippen LogP contribution >= 0.6 is 0 Å². The first-order chi connectivity index (χ1) is 14.5. The second-order valence-electron chi connectivity index (χ2n) is 8.68. The first kappa shape index (κ1) is 22.6. The summed E-state index contributed by atoms with van der Waals surface area (Å²) in [6.45, 7) is 9.08. The minimum Gasteiger partial charge on any atom is -0.507 e. The number of rotatable bonds is 6. The second-order valence-corrected chi connectivity index (χ2v) is 8.68. The fraction of sp³-hybridized carbons (Fsp3) is 0.360. The van der Waals surface area contributed by atoms with Crippen LogP contribution in [-0.2, 0) is 6.42 Å². The van der Waals surface area contributed by atoms with Crippen LogP contribution in [0, 0.1) is 6.92 Å². The summed E-state index contributed by atoms with van der Waals surface area (Å²) in [7, 11) is 0. The second kappa shape index (κ2) is 8.55. The zero-order valence-corrected chi connectivity index (χ0v) is 18.5. The van der Waals surface area contributed by atoms with Crippen molar-refractivity contribution in [1.29, 1.82) is 0 Å². The van der Waals surface area contributed by atoms with Crippen molar-refractivity contribution in [2.24, 2.45) is 0 Å². The van der Waals surface area contributed by atoms with Crippen molar-refractivity contribution in [3.63, 3.8) is 0 Å². The molecule has 2 aromatic rings. The van der Waals surface area contributed by atoms with Gasteiger partial charge in [-0.1, -0.05) is 17.7 Å². The molecule has 0 spiro atoms. The number of ketones is 1. The number of benzene rings is 2. The maximum atomic E-state index is 13.7. The summed E-state index contributed by atoms with van der Waals surface area (Å²) in [5.74, 6) is -0.0766. The predicted molar refractivity (Wildman–Crippen MR) is 117 cm³/mol.